The Hall–Kier alpha value is -2.49. The molecule has 2 aromatic heterocycles. The van der Waals surface area contributed by atoms with Crippen molar-refractivity contribution >= 4 is 11.2 Å². The van der Waals surface area contributed by atoms with Gasteiger partial charge < -0.3 is 10.8 Å². The molecule has 0 bridgehead atoms. The summed E-state index contributed by atoms with van der Waals surface area (Å²) in [5.41, 5.74) is 8.27. The number of aromatic hydroxyl groups is 1. The summed E-state index contributed by atoms with van der Waals surface area (Å²) in [6.45, 7) is 0. The number of benzene rings is 1. The molecule has 0 atom stereocenters. The van der Waals surface area contributed by atoms with Crippen molar-refractivity contribution < 1.29 is 5.11 Å². The molecule has 0 saturated heterocycles. The van der Waals surface area contributed by atoms with E-state index in [0.717, 1.165) is 22.6 Å². The predicted molar refractivity (Wildman–Crippen MR) is 66.7 cm³/mol. The van der Waals surface area contributed by atoms with E-state index in [2.05, 4.69) is 4.98 Å². The van der Waals surface area contributed by atoms with Gasteiger partial charge >= 0.3 is 0 Å². The van der Waals surface area contributed by atoms with E-state index in [1.54, 1.807) is 18.5 Å². The summed E-state index contributed by atoms with van der Waals surface area (Å²) in [5, 5.41) is 9.50. The molecule has 3 N–H and O–H groups in total. The molecule has 3 aromatic rings. The number of hydrogen-bond donors (Lipinski definition) is 2. The number of nitrogen functional groups attached to an aromatic ring is 1. The van der Waals surface area contributed by atoms with Crippen molar-refractivity contribution in [3.8, 4) is 17.1 Å². The van der Waals surface area contributed by atoms with E-state index in [1.165, 1.54) is 0 Å². The van der Waals surface area contributed by atoms with Gasteiger partial charge in [0.25, 0.3) is 0 Å². The number of nitrogens with zero attached hydrogens (tertiary/aromatic N) is 2. The van der Waals surface area contributed by atoms with Gasteiger partial charge in [0.1, 0.15) is 11.6 Å². The van der Waals surface area contributed by atoms with Gasteiger partial charge in [-0.25, -0.2) is 4.98 Å². The molecule has 0 fully saturated rings. The fraction of sp³-hybridized carbons (Fsp3) is 0. The van der Waals surface area contributed by atoms with Crippen molar-refractivity contribution in [1.29, 1.82) is 0 Å². The van der Waals surface area contributed by atoms with E-state index in [1.807, 2.05) is 34.7 Å². The van der Waals surface area contributed by atoms with Crippen molar-refractivity contribution in [2.75, 3.05) is 5.73 Å². The zero-order valence-electron chi connectivity index (χ0n) is 9.04. The Kier molecular flexibility index (Phi) is 2.01. The minimum absolute atomic E-state index is 0.215. The maximum Gasteiger partial charge on any atom is 0.144 e. The number of nitrogens with two attached hydrogens (primary N) is 1. The quantitative estimate of drug-likeness (QED) is 0.624. The highest BCUT2D eigenvalue weighted by molar-refractivity contribution is 5.64. The smallest absolute Gasteiger partial charge is 0.144 e. The van der Waals surface area contributed by atoms with E-state index in [-0.39, 0.29) is 5.75 Å². The third-order valence-corrected chi connectivity index (χ3v) is 2.68. The van der Waals surface area contributed by atoms with Crippen LogP contribution in [0.5, 0.6) is 5.75 Å². The number of rotatable bonds is 1. The minimum Gasteiger partial charge on any atom is -0.506 e. The zero-order chi connectivity index (χ0) is 11.8. The molecule has 0 aliphatic heterocycles. The first-order chi connectivity index (χ1) is 8.24. The molecule has 0 radical (unpaired) electrons. The van der Waals surface area contributed by atoms with Crippen LogP contribution in [0.1, 0.15) is 0 Å². The largest absolute Gasteiger partial charge is 0.506 e. The minimum atomic E-state index is 0.215. The van der Waals surface area contributed by atoms with Crippen LogP contribution >= 0.6 is 0 Å². The summed E-state index contributed by atoms with van der Waals surface area (Å²) >= 11 is 0. The van der Waals surface area contributed by atoms with Gasteiger partial charge in [0.2, 0.25) is 0 Å². The summed E-state index contributed by atoms with van der Waals surface area (Å²) in [6, 6.07) is 11.0. The third kappa shape index (κ3) is 1.59. The Labute approximate surface area is 98.0 Å². The molecule has 3 rings (SSSR count). The lowest BCUT2D eigenvalue weighted by Gasteiger charge is -2.02. The number of fused-ring (bicyclic) bond motifs is 1. The fourth-order valence-electron chi connectivity index (χ4n) is 1.82. The predicted octanol–water partition coefficient (Wildman–Crippen LogP) is 2.29. The highest BCUT2D eigenvalue weighted by atomic mass is 16.3. The Balaban J connectivity index is 2.23. The first-order valence-corrected chi connectivity index (χ1v) is 5.26. The van der Waals surface area contributed by atoms with Gasteiger partial charge in [0.05, 0.1) is 17.9 Å². The van der Waals surface area contributed by atoms with Gasteiger partial charge in [0, 0.05) is 11.3 Å². The van der Waals surface area contributed by atoms with E-state index in [4.69, 9.17) is 5.73 Å². The van der Waals surface area contributed by atoms with Gasteiger partial charge in [-0.2, -0.15) is 0 Å². The highest BCUT2D eigenvalue weighted by Gasteiger charge is 2.06. The molecule has 0 aliphatic carbocycles. The second-order valence-corrected chi connectivity index (χ2v) is 3.89. The average Bonchev–Trinajstić information content (AvgIpc) is 2.73. The van der Waals surface area contributed by atoms with E-state index < -0.39 is 0 Å². The Morgan fingerprint density at radius 1 is 1.06 bits per heavy atom. The molecule has 0 saturated carbocycles. The standard InChI is InChI=1S/C13H11N3O/c14-10-3-1-9(2-4-10)13-15-7-11-5-6-12(17)8-16(11)13/h1-8,17H,14H2. The van der Waals surface area contributed by atoms with Gasteiger partial charge in [-0.05, 0) is 36.4 Å². The number of anilines is 1. The van der Waals surface area contributed by atoms with Gasteiger partial charge in [0.15, 0.2) is 0 Å². The molecule has 0 unspecified atom stereocenters. The molecule has 1 aromatic carbocycles. The number of pyridine rings is 1. The van der Waals surface area contributed by atoms with Gasteiger partial charge in [-0.3, -0.25) is 4.40 Å². The summed E-state index contributed by atoms with van der Waals surface area (Å²) in [4.78, 5) is 4.35. The van der Waals surface area contributed by atoms with Crippen LogP contribution in [0.3, 0.4) is 0 Å². The van der Waals surface area contributed by atoms with E-state index >= 15 is 0 Å². The monoisotopic (exact) mass is 225 g/mol. The number of aromatic nitrogens is 2. The van der Waals surface area contributed by atoms with Crippen LogP contribution in [0, 0.1) is 0 Å². The van der Waals surface area contributed by atoms with Crippen LogP contribution < -0.4 is 5.73 Å². The molecule has 0 aliphatic rings. The number of hydrogen-bond acceptors (Lipinski definition) is 3. The fourth-order valence-corrected chi connectivity index (χ4v) is 1.82. The maximum atomic E-state index is 9.50. The van der Waals surface area contributed by atoms with Crippen LogP contribution in [0.4, 0.5) is 5.69 Å². The lowest BCUT2D eigenvalue weighted by Crippen LogP contribution is -1.90. The van der Waals surface area contributed by atoms with Crippen LogP contribution in [-0.4, -0.2) is 14.5 Å². The van der Waals surface area contributed by atoms with Crippen LogP contribution in [-0.2, 0) is 0 Å². The second-order valence-electron chi connectivity index (χ2n) is 3.89. The molecule has 2 heterocycles. The van der Waals surface area contributed by atoms with Crippen molar-refractivity contribution in [1.82, 2.24) is 9.38 Å². The zero-order valence-corrected chi connectivity index (χ0v) is 9.04. The summed E-state index contributed by atoms with van der Waals surface area (Å²) in [7, 11) is 0. The lowest BCUT2D eigenvalue weighted by atomic mass is 10.2. The van der Waals surface area contributed by atoms with Crippen LogP contribution in [0.2, 0.25) is 0 Å². The van der Waals surface area contributed by atoms with Crippen LogP contribution in [0.15, 0.2) is 48.8 Å². The van der Waals surface area contributed by atoms with E-state index in [9.17, 15) is 5.11 Å². The molecule has 4 heteroatoms. The average molecular weight is 225 g/mol. The first kappa shape index (κ1) is 9.72. The highest BCUT2D eigenvalue weighted by Crippen LogP contribution is 2.22. The molecular formula is C13H11N3O. The van der Waals surface area contributed by atoms with E-state index in [0.29, 0.717) is 0 Å². The third-order valence-electron chi connectivity index (χ3n) is 2.68. The summed E-state index contributed by atoms with van der Waals surface area (Å²) < 4.78 is 1.85. The summed E-state index contributed by atoms with van der Waals surface area (Å²) in [6.07, 6.45) is 3.42. The van der Waals surface area contributed by atoms with Gasteiger partial charge in [-0.1, -0.05) is 0 Å². The first-order valence-electron chi connectivity index (χ1n) is 5.26. The molecule has 17 heavy (non-hydrogen) atoms. The summed E-state index contributed by atoms with van der Waals surface area (Å²) in [5.74, 6) is 1.00. The number of imidazole rings is 1. The Morgan fingerprint density at radius 3 is 2.59 bits per heavy atom. The Morgan fingerprint density at radius 2 is 1.82 bits per heavy atom. The maximum absolute atomic E-state index is 9.50. The lowest BCUT2D eigenvalue weighted by molar-refractivity contribution is 0.472. The molecule has 84 valence electrons. The molecule has 0 amide bonds. The van der Waals surface area contributed by atoms with Crippen molar-refractivity contribution in [2.24, 2.45) is 0 Å². The molecule has 0 spiro atoms. The Bertz CT molecular complexity index is 671. The second kappa shape index (κ2) is 3.52. The van der Waals surface area contributed by atoms with Crippen LogP contribution in [0.25, 0.3) is 16.9 Å². The SMILES string of the molecule is Nc1ccc(-c2ncc3ccc(O)cn23)cc1. The normalized spacial score (nSPS) is 10.8. The molecule has 4 nitrogen and oxygen atoms in total. The topological polar surface area (TPSA) is 63.5 Å². The van der Waals surface area contributed by atoms with Crippen molar-refractivity contribution in [2.45, 2.75) is 0 Å². The van der Waals surface area contributed by atoms with Crippen molar-refractivity contribution in [3.63, 3.8) is 0 Å². The van der Waals surface area contributed by atoms with Gasteiger partial charge in [-0.15, -0.1) is 0 Å². The molecular weight excluding hydrogens is 214 g/mol. The van der Waals surface area contributed by atoms with Crippen molar-refractivity contribution in [3.05, 3.63) is 48.8 Å².